The molecule has 3 rings (SSSR count). The van der Waals surface area contributed by atoms with Crippen molar-refractivity contribution >= 4 is 12.0 Å². The third-order valence-electron chi connectivity index (χ3n) is 4.00. The van der Waals surface area contributed by atoms with Gasteiger partial charge in [-0.2, -0.15) is 4.98 Å². The smallest absolute Gasteiger partial charge is 0.409 e. The molecule has 0 spiro atoms. The molecule has 0 aromatic carbocycles. The minimum atomic E-state index is -0.346. The van der Waals surface area contributed by atoms with Crippen LogP contribution in [0, 0.1) is 0 Å². The van der Waals surface area contributed by atoms with Gasteiger partial charge in [0.15, 0.2) is 0 Å². The van der Waals surface area contributed by atoms with Crippen LogP contribution >= 0.6 is 0 Å². The zero-order valence-electron chi connectivity index (χ0n) is 15.0. The largest absolute Gasteiger partial charge is 0.450 e. The van der Waals surface area contributed by atoms with E-state index < -0.39 is 0 Å². The summed E-state index contributed by atoms with van der Waals surface area (Å²) in [6.07, 6.45) is 2.95. The molecule has 0 unspecified atom stereocenters. The van der Waals surface area contributed by atoms with E-state index >= 15 is 0 Å². The number of ether oxygens (including phenoxy) is 2. The molecule has 10 heteroatoms. The van der Waals surface area contributed by atoms with Gasteiger partial charge >= 0.3 is 6.09 Å². The zero-order valence-corrected chi connectivity index (χ0v) is 15.0. The molecule has 27 heavy (non-hydrogen) atoms. The number of rotatable bonds is 6. The highest BCUT2D eigenvalue weighted by atomic mass is 16.6. The lowest BCUT2D eigenvalue weighted by Crippen LogP contribution is -2.51. The van der Waals surface area contributed by atoms with E-state index in [0.717, 1.165) is 5.56 Å². The van der Waals surface area contributed by atoms with E-state index in [-0.39, 0.29) is 31.1 Å². The molecule has 0 bridgehead atoms. The van der Waals surface area contributed by atoms with Crippen LogP contribution in [0.15, 0.2) is 29.0 Å². The Hall–Kier alpha value is -3.01. The summed E-state index contributed by atoms with van der Waals surface area (Å²) in [5, 5.41) is 3.86. The number of amides is 2. The molecule has 0 N–H and O–H groups in total. The molecule has 2 aromatic rings. The topological polar surface area (TPSA) is 111 Å². The molecule has 144 valence electrons. The van der Waals surface area contributed by atoms with Gasteiger partial charge in [0.25, 0.3) is 5.89 Å². The molecular weight excluding hydrogens is 354 g/mol. The number of hydrogen-bond donors (Lipinski definition) is 0. The molecule has 0 atom stereocenters. The van der Waals surface area contributed by atoms with Gasteiger partial charge in [-0.15, -0.1) is 0 Å². The summed E-state index contributed by atoms with van der Waals surface area (Å²) in [4.78, 5) is 35.3. The van der Waals surface area contributed by atoms with Crippen molar-refractivity contribution < 1.29 is 23.6 Å². The van der Waals surface area contributed by atoms with Crippen molar-refractivity contribution in [2.24, 2.45) is 0 Å². The lowest BCUT2D eigenvalue weighted by molar-refractivity contribution is -0.138. The Labute approximate surface area is 156 Å². The van der Waals surface area contributed by atoms with Crippen LogP contribution in [0.4, 0.5) is 4.79 Å². The second-order valence-corrected chi connectivity index (χ2v) is 5.81. The fourth-order valence-electron chi connectivity index (χ4n) is 2.60. The molecule has 10 nitrogen and oxygen atoms in total. The second-order valence-electron chi connectivity index (χ2n) is 5.81. The Balaban J connectivity index is 1.40. The molecule has 2 amide bonds. The summed E-state index contributed by atoms with van der Waals surface area (Å²) in [6.45, 7) is 3.85. The van der Waals surface area contributed by atoms with Gasteiger partial charge < -0.3 is 23.8 Å². The average molecular weight is 375 g/mol. The van der Waals surface area contributed by atoms with E-state index in [1.54, 1.807) is 35.2 Å². The first-order valence-electron chi connectivity index (χ1n) is 8.67. The summed E-state index contributed by atoms with van der Waals surface area (Å²) in [5.41, 5.74) is 0.739. The normalized spacial score (nSPS) is 14.3. The van der Waals surface area contributed by atoms with Crippen molar-refractivity contribution in [1.29, 1.82) is 0 Å². The molecule has 3 heterocycles. The maximum Gasteiger partial charge on any atom is 0.409 e. The summed E-state index contributed by atoms with van der Waals surface area (Å²) < 4.78 is 15.5. The molecule has 1 saturated heterocycles. The summed E-state index contributed by atoms with van der Waals surface area (Å²) in [5.74, 6) is 0.558. The van der Waals surface area contributed by atoms with Gasteiger partial charge in [-0.05, 0) is 19.1 Å². The third-order valence-corrected chi connectivity index (χ3v) is 4.00. The van der Waals surface area contributed by atoms with Crippen LogP contribution in [-0.4, -0.2) is 76.3 Å². The van der Waals surface area contributed by atoms with Crippen LogP contribution < -0.4 is 0 Å². The summed E-state index contributed by atoms with van der Waals surface area (Å²) >= 11 is 0. The SMILES string of the molecule is CCOC(=O)N1CCN(C(=O)COCc2nc(-c3cccnc3)no2)CC1. The fourth-order valence-corrected chi connectivity index (χ4v) is 2.60. The molecular formula is C17H21N5O5. The molecule has 0 saturated carbocycles. The predicted molar refractivity (Wildman–Crippen MR) is 92.4 cm³/mol. The highest BCUT2D eigenvalue weighted by molar-refractivity contribution is 5.78. The number of carbonyl (C=O) groups is 2. The number of aromatic nitrogens is 3. The summed E-state index contributed by atoms with van der Waals surface area (Å²) in [7, 11) is 0. The maximum absolute atomic E-state index is 12.2. The van der Waals surface area contributed by atoms with Crippen molar-refractivity contribution in [2.45, 2.75) is 13.5 Å². The highest BCUT2D eigenvalue weighted by Crippen LogP contribution is 2.14. The lowest BCUT2D eigenvalue weighted by atomic mass is 10.3. The first-order chi connectivity index (χ1) is 13.2. The molecule has 1 aliphatic rings. The number of piperazine rings is 1. The Bertz CT molecular complexity index is 758. The maximum atomic E-state index is 12.2. The van der Waals surface area contributed by atoms with Crippen molar-refractivity contribution in [3.8, 4) is 11.4 Å². The fraction of sp³-hybridized carbons (Fsp3) is 0.471. The molecule has 0 radical (unpaired) electrons. The van der Waals surface area contributed by atoms with E-state index in [4.69, 9.17) is 14.0 Å². The Morgan fingerprint density at radius 2 is 2.00 bits per heavy atom. The van der Waals surface area contributed by atoms with Crippen LogP contribution in [0.1, 0.15) is 12.8 Å². The van der Waals surface area contributed by atoms with E-state index in [9.17, 15) is 9.59 Å². The van der Waals surface area contributed by atoms with Gasteiger partial charge in [0, 0.05) is 44.1 Å². The van der Waals surface area contributed by atoms with Crippen LogP contribution in [0.3, 0.4) is 0 Å². The molecule has 2 aromatic heterocycles. The van der Waals surface area contributed by atoms with Crippen LogP contribution in [0.2, 0.25) is 0 Å². The van der Waals surface area contributed by atoms with Crippen molar-refractivity contribution in [1.82, 2.24) is 24.9 Å². The van der Waals surface area contributed by atoms with E-state index in [0.29, 0.717) is 38.6 Å². The van der Waals surface area contributed by atoms with Crippen LogP contribution in [0.5, 0.6) is 0 Å². The third kappa shape index (κ3) is 5.00. The number of nitrogens with zero attached hydrogens (tertiary/aromatic N) is 5. The van der Waals surface area contributed by atoms with Gasteiger partial charge in [-0.1, -0.05) is 5.16 Å². The van der Waals surface area contributed by atoms with E-state index in [1.807, 2.05) is 6.07 Å². The van der Waals surface area contributed by atoms with Crippen molar-refractivity contribution in [2.75, 3.05) is 39.4 Å². The zero-order chi connectivity index (χ0) is 19.1. The van der Waals surface area contributed by atoms with E-state index in [2.05, 4.69) is 15.1 Å². The Morgan fingerprint density at radius 1 is 1.22 bits per heavy atom. The first-order valence-corrected chi connectivity index (χ1v) is 8.67. The average Bonchev–Trinajstić information content (AvgIpc) is 3.18. The minimum absolute atomic E-state index is 0.0434. The second kappa shape index (κ2) is 9.08. The van der Waals surface area contributed by atoms with Crippen molar-refractivity contribution in [3.63, 3.8) is 0 Å². The van der Waals surface area contributed by atoms with Gasteiger partial charge in [-0.3, -0.25) is 9.78 Å². The van der Waals surface area contributed by atoms with Crippen LogP contribution in [0.25, 0.3) is 11.4 Å². The Kier molecular flexibility index (Phi) is 6.31. The van der Waals surface area contributed by atoms with Crippen molar-refractivity contribution in [3.05, 3.63) is 30.4 Å². The van der Waals surface area contributed by atoms with Gasteiger partial charge in [0.2, 0.25) is 11.7 Å². The lowest BCUT2D eigenvalue weighted by Gasteiger charge is -2.33. The van der Waals surface area contributed by atoms with E-state index in [1.165, 1.54) is 0 Å². The molecule has 0 aliphatic carbocycles. The Morgan fingerprint density at radius 3 is 2.70 bits per heavy atom. The first kappa shape index (κ1) is 18.8. The van der Waals surface area contributed by atoms with Crippen LogP contribution in [-0.2, 0) is 20.9 Å². The van der Waals surface area contributed by atoms with Gasteiger partial charge in [0.1, 0.15) is 13.2 Å². The van der Waals surface area contributed by atoms with Gasteiger partial charge in [-0.25, -0.2) is 4.79 Å². The predicted octanol–water partition coefficient (Wildman–Crippen LogP) is 0.949. The minimum Gasteiger partial charge on any atom is -0.450 e. The number of hydrogen-bond acceptors (Lipinski definition) is 8. The monoisotopic (exact) mass is 375 g/mol. The quantitative estimate of drug-likeness (QED) is 0.734. The summed E-state index contributed by atoms with van der Waals surface area (Å²) in [6, 6.07) is 3.60. The highest BCUT2D eigenvalue weighted by Gasteiger charge is 2.24. The molecule has 1 fully saturated rings. The number of carbonyl (C=O) groups excluding carboxylic acids is 2. The number of pyridine rings is 1. The molecule has 1 aliphatic heterocycles. The van der Waals surface area contributed by atoms with Gasteiger partial charge in [0.05, 0.1) is 6.61 Å². The standard InChI is InChI=1S/C17H21N5O5/c1-2-26-17(24)22-8-6-21(7-9-22)15(23)12-25-11-14-19-16(20-27-14)13-4-3-5-18-10-13/h3-5,10H,2,6-9,11-12H2,1H3.